The average Bonchev–Trinajstić information content (AvgIpc) is 3.27. The van der Waals surface area contributed by atoms with Gasteiger partial charge in [0, 0.05) is 21.2 Å². The standard InChI is InChI=1S/C24H16BrFN4O/c25-15-11-9-14(10-12-15)23-20-21(17-6-2-4-8-19(17)31-23)29-24-27-13-28-30(24)22(20)16-5-1-3-7-18(16)26/h1-13,22-23H,(H,27,28,29). The fourth-order valence-corrected chi connectivity index (χ4v) is 4.59. The van der Waals surface area contributed by atoms with Crippen LogP contribution in [0.4, 0.5) is 10.3 Å². The summed E-state index contributed by atoms with van der Waals surface area (Å²) in [5, 5.41) is 7.85. The Hall–Kier alpha value is -3.45. The van der Waals surface area contributed by atoms with E-state index in [4.69, 9.17) is 4.74 Å². The Labute approximate surface area is 186 Å². The van der Waals surface area contributed by atoms with Gasteiger partial charge in [0.15, 0.2) is 0 Å². The maximum absolute atomic E-state index is 15.1. The van der Waals surface area contributed by atoms with Gasteiger partial charge in [0.05, 0.1) is 5.70 Å². The van der Waals surface area contributed by atoms with Crippen molar-refractivity contribution >= 4 is 27.6 Å². The molecule has 0 fully saturated rings. The SMILES string of the molecule is Fc1ccccc1C1C2=C(Nc3ncnn31)c1ccccc1OC2c1ccc(Br)cc1. The van der Waals surface area contributed by atoms with E-state index in [1.807, 2.05) is 54.6 Å². The fourth-order valence-electron chi connectivity index (χ4n) is 4.33. The van der Waals surface area contributed by atoms with Crippen LogP contribution in [0.5, 0.6) is 5.75 Å². The minimum atomic E-state index is -0.503. The highest BCUT2D eigenvalue weighted by atomic mass is 79.9. The fraction of sp³-hybridized carbons (Fsp3) is 0.0833. The summed E-state index contributed by atoms with van der Waals surface area (Å²) in [4.78, 5) is 4.37. The summed E-state index contributed by atoms with van der Waals surface area (Å²) < 4.78 is 24.3. The van der Waals surface area contributed by atoms with E-state index < -0.39 is 12.1 Å². The molecule has 3 aromatic carbocycles. The van der Waals surface area contributed by atoms with Crippen LogP contribution in [0, 0.1) is 5.82 Å². The number of anilines is 1. The Morgan fingerprint density at radius 3 is 2.58 bits per heavy atom. The number of ether oxygens (including phenoxy) is 1. The summed E-state index contributed by atoms with van der Waals surface area (Å²) in [7, 11) is 0. The van der Waals surface area contributed by atoms with Gasteiger partial charge in [-0.05, 0) is 35.9 Å². The molecule has 0 saturated carbocycles. The molecule has 0 amide bonds. The maximum Gasteiger partial charge on any atom is 0.226 e. The van der Waals surface area contributed by atoms with Gasteiger partial charge in [-0.1, -0.05) is 58.4 Å². The number of para-hydroxylation sites is 1. The van der Waals surface area contributed by atoms with Gasteiger partial charge < -0.3 is 10.1 Å². The molecular weight excluding hydrogens is 459 g/mol. The number of rotatable bonds is 2. The second-order valence-corrected chi connectivity index (χ2v) is 8.37. The predicted octanol–water partition coefficient (Wildman–Crippen LogP) is 5.74. The van der Waals surface area contributed by atoms with Crippen molar-refractivity contribution in [2.24, 2.45) is 0 Å². The zero-order chi connectivity index (χ0) is 20.9. The van der Waals surface area contributed by atoms with Crippen LogP contribution in [0.15, 0.2) is 89.2 Å². The molecule has 1 aromatic heterocycles. The predicted molar refractivity (Wildman–Crippen MR) is 119 cm³/mol. The van der Waals surface area contributed by atoms with Crippen LogP contribution in [0.2, 0.25) is 0 Å². The van der Waals surface area contributed by atoms with E-state index in [0.29, 0.717) is 11.5 Å². The molecule has 5 nitrogen and oxygen atoms in total. The molecule has 4 aromatic rings. The van der Waals surface area contributed by atoms with Crippen molar-refractivity contribution in [3.8, 4) is 5.75 Å². The van der Waals surface area contributed by atoms with E-state index >= 15 is 4.39 Å². The minimum absolute atomic E-state index is 0.295. The largest absolute Gasteiger partial charge is 0.480 e. The van der Waals surface area contributed by atoms with E-state index in [-0.39, 0.29) is 5.82 Å². The molecule has 1 N–H and O–H groups in total. The Balaban J connectivity index is 1.65. The van der Waals surface area contributed by atoms with E-state index in [9.17, 15) is 0 Å². The van der Waals surface area contributed by atoms with Crippen LogP contribution in [-0.4, -0.2) is 14.8 Å². The van der Waals surface area contributed by atoms with Gasteiger partial charge in [0.25, 0.3) is 0 Å². The summed E-state index contributed by atoms with van der Waals surface area (Å²) in [5.41, 5.74) is 4.18. The Morgan fingerprint density at radius 2 is 1.74 bits per heavy atom. The molecule has 0 bridgehead atoms. The van der Waals surface area contributed by atoms with Crippen LogP contribution < -0.4 is 10.1 Å². The number of halogens is 2. The lowest BCUT2D eigenvalue weighted by molar-refractivity contribution is 0.222. The topological polar surface area (TPSA) is 52.0 Å². The van der Waals surface area contributed by atoms with Crippen molar-refractivity contribution in [1.82, 2.24) is 14.8 Å². The van der Waals surface area contributed by atoms with Crippen LogP contribution in [0.25, 0.3) is 5.70 Å². The normalized spacial score (nSPS) is 19.0. The van der Waals surface area contributed by atoms with E-state index in [1.54, 1.807) is 16.8 Å². The van der Waals surface area contributed by atoms with Crippen molar-refractivity contribution in [2.45, 2.75) is 12.1 Å². The van der Waals surface area contributed by atoms with Gasteiger partial charge in [-0.2, -0.15) is 10.1 Å². The summed E-state index contributed by atoms with van der Waals surface area (Å²) in [6.07, 6.45) is 1.06. The van der Waals surface area contributed by atoms with E-state index in [0.717, 1.165) is 32.6 Å². The zero-order valence-electron chi connectivity index (χ0n) is 16.2. The third kappa shape index (κ3) is 2.88. The highest BCUT2D eigenvalue weighted by Crippen LogP contribution is 2.50. The van der Waals surface area contributed by atoms with Crippen molar-refractivity contribution < 1.29 is 9.13 Å². The van der Waals surface area contributed by atoms with Gasteiger partial charge in [-0.25, -0.2) is 9.07 Å². The van der Waals surface area contributed by atoms with Crippen LogP contribution >= 0.6 is 15.9 Å². The van der Waals surface area contributed by atoms with Gasteiger partial charge >= 0.3 is 0 Å². The quantitative estimate of drug-likeness (QED) is 0.402. The summed E-state index contributed by atoms with van der Waals surface area (Å²) in [5.74, 6) is 1.04. The maximum atomic E-state index is 15.1. The second-order valence-electron chi connectivity index (χ2n) is 7.45. The second kappa shape index (κ2) is 7.06. The lowest BCUT2D eigenvalue weighted by Crippen LogP contribution is -2.32. The molecule has 2 aliphatic rings. The lowest BCUT2D eigenvalue weighted by Gasteiger charge is -2.39. The molecule has 0 aliphatic carbocycles. The van der Waals surface area contributed by atoms with Gasteiger partial charge in [0.2, 0.25) is 5.95 Å². The third-order valence-corrected chi connectivity index (χ3v) is 6.22. The number of hydrogen-bond donors (Lipinski definition) is 1. The molecule has 2 atom stereocenters. The molecule has 6 rings (SSSR count). The van der Waals surface area contributed by atoms with Crippen LogP contribution in [0.1, 0.15) is 28.8 Å². The first-order valence-corrected chi connectivity index (χ1v) is 10.7. The zero-order valence-corrected chi connectivity index (χ0v) is 17.8. The molecule has 0 spiro atoms. The summed E-state index contributed by atoms with van der Waals surface area (Å²) in [6.45, 7) is 0. The van der Waals surface area contributed by atoms with E-state index in [1.165, 1.54) is 12.4 Å². The molecular formula is C24H16BrFN4O. The average molecular weight is 475 g/mol. The summed E-state index contributed by atoms with van der Waals surface area (Å²) >= 11 is 3.50. The van der Waals surface area contributed by atoms with Crippen molar-refractivity contribution in [2.75, 3.05) is 5.32 Å². The first-order chi connectivity index (χ1) is 15.2. The smallest absolute Gasteiger partial charge is 0.226 e. The van der Waals surface area contributed by atoms with Crippen LogP contribution in [-0.2, 0) is 0 Å². The Bertz CT molecular complexity index is 1330. The van der Waals surface area contributed by atoms with Gasteiger partial charge in [-0.15, -0.1) is 0 Å². The first-order valence-electron chi connectivity index (χ1n) is 9.87. The van der Waals surface area contributed by atoms with Crippen molar-refractivity contribution in [3.05, 3.63) is 112 Å². The molecule has 2 aliphatic heterocycles. The lowest BCUT2D eigenvalue weighted by atomic mass is 9.84. The number of hydrogen-bond acceptors (Lipinski definition) is 4. The number of benzene rings is 3. The number of fused-ring (bicyclic) bond motifs is 3. The number of nitrogens with one attached hydrogen (secondary N) is 1. The summed E-state index contributed by atoms with van der Waals surface area (Å²) in [6, 6.07) is 22.1. The Kier molecular flexibility index (Phi) is 4.17. The molecule has 0 radical (unpaired) electrons. The molecule has 152 valence electrons. The highest BCUT2D eigenvalue weighted by Gasteiger charge is 2.41. The molecule has 7 heteroatoms. The number of aromatic nitrogens is 3. The molecule has 0 saturated heterocycles. The Morgan fingerprint density at radius 1 is 0.968 bits per heavy atom. The molecule has 31 heavy (non-hydrogen) atoms. The first kappa shape index (κ1) is 18.3. The third-order valence-electron chi connectivity index (χ3n) is 5.69. The molecule has 3 heterocycles. The van der Waals surface area contributed by atoms with E-state index in [2.05, 4.69) is 31.3 Å². The van der Waals surface area contributed by atoms with Gasteiger partial charge in [0.1, 0.15) is 30.0 Å². The van der Waals surface area contributed by atoms with Crippen molar-refractivity contribution in [3.63, 3.8) is 0 Å². The highest BCUT2D eigenvalue weighted by molar-refractivity contribution is 9.10. The minimum Gasteiger partial charge on any atom is -0.480 e. The monoisotopic (exact) mass is 474 g/mol. The van der Waals surface area contributed by atoms with Gasteiger partial charge in [-0.3, -0.25) is 0 Å². The number of nitrogens with zero attached hydrogens (tertiary/aromatic N) is 3. The van der Waals surface area contributed by atoms with Crippen LogP contribution in [0.3, 0.4) is 0 Å². The molecule has 2 unspecified atom stereocenters. The van der Waals surface area contributed by atoms with Crippen molar-refractivity contribution in [1.29, 1.82) is 0 Å².